The Kier molecular flexibility index (Phi) is 1.37. The van der Waals surface area contributed by atoms with Crippen LogP contribution in [0.5, 0.6) is 0 Å². The minimum absolute atomic E-state index is 0.989. The Morgan fingerprint density at radius 1 is 1.31 bits per heavy atom. The van der Waals surface area contributed by atoms with E-state index in [4.69, 9.17) is 0 Å². The molecule has 0 bridgehead atoms. The molecule has 0 unspecified atom stereocenters. The van der Waals surface area contributed by atoms with Gasteiger partial charge >= 0.3 is 0 Å². The second kappa shape index (κ2) is 2.53. The number of nitrogens with one attached hydrogen (secondary N) is 1. The highest BCUT2D eigenvalue weighted by molar-refractivity contribution is 7.96. The van der Waals surface area contributed by atoms with Crippen LogP contribution in [0.1, 0.15) is 11.1 Å². The molecule has 0 aromatic heterocycles. The summed E-state index contributed by atoms with van der Waals surface area (Å²) in [6.45, 7) is 0. The Labute approximate surface area is 80.4 Å². The average molecular weight is 189 g/mol. The first-order chi connectivity index (χ1) is 6.45. The Hall–Kier alpha value is -1.42. The molecule has 3 nitrogen and oxygen atoms in total. The summed E-state index contributed by atoms with van der Waals surface area (Å²) < 4.78 is 2.02. The summed E-state index contributed by atoms with van der Waals surface area (Å²) in [5.74, 6) is 0.989. The van der Waals surface area contributed by atoms with Crippen LogP contribution in [0.25, 0.3) is 6.08 Å². The molecule has 3 rings (SSSR count). The molecule has 0 amide bonds. The van der Waals surface area contributed by atoms with Gasteiger partial charge in [0.05, 0.1) is 12.1 Å². The normalized spacial score (nSPS) is 17.5. The Morgan fingerprint density at radius 2 is 2.23 bits per heavy atom. The second-order valence-electron chi connectivity index (χ2n) is 2.85. The van der Waals surface area contributed by atoms with Crippen molar-refractivity contribution in [2.75, 3.05) is 0 Å². The summed E-state index contributed by atoms with van der Waals surface area (Å²) in [4.78, 5) is 2.88. The zero-order valence-electron chi connectivity index (χ0n) is 6.77. The highest BCUT2D eigenvalue weighted by atomic mass is 32.2. The average Bonchev–Trinajstić information content (AvgIpc) is 2.65. The van der Waals surface area contributed by atoms with Crippen LogP contribution in [0.2, 0.25) is 0 Å². The quantitative estimate of drug-likeness (QED) is 0.631. The van der Waals surface area contributed by atoms with Gasteiger partial charge in [0.15, 0.2) is 5.84 Å². The van der Waals surface area contributed by atoms with Gasteiger partial charge in [0.25, 0.3) is 0 Å². The zero-order valence-corrected chi connectivity index (χ0v) is 7.58. The van der Waals surface area contributed by atoms with E-state index in [-0.39, 0.29) is 0 Å². The maximum Gasteiger partial charge on any atom is 0.172 e. The molecule has 0 saturated carbocycles. The maximum atomic E-state index is 4.20. The standard InChI is InChI=1S/C9H7N3S/c1-2-4-8-7(3-1)5-6-12-9(8)10-11-13-12/h1-6,11H. The van der Waals surface area contributed by atoms with Gasteiger partial charge in [0.2, 0.25) is 0 Å². The first kappa shape index (κ1) is 7.03. The zero-order chi connectivity index (χ0) is 8.67. The molecule has 64 valence electrons. The molecule has 2 heterocycles. The number of rotatable bonds is 0. The van der Waals surface area contributed by atoms with E-state index in [0.717, 1.165) is 5.84 Å². The third-order valence-electron chi connectivity index (χ3n) is 2.09. The van der Waals surface area contributed by atoms with Gasteiger partial charge in [-0.15, -0.1) is 5.10 Å². The van der Waals surface area contributed by atoms with Crippen LogP contribution >= 0.6 is 12.1 Å². The van der Waals surface area contributed by atoms with Crippen LogP contribution in [-0.2, 0) is 0 Å². The molecule has 1 aromatic carbocycles. The Bertz CT molecular complexity index is 411. The third-order valence-corrected chi connectivity index (χ3v) is 2.75. The maximum absolute atomic E-state index is 4.20. The van der Waals surface area contributed by atoms with Crippen molar-refractivity contribution in [1.82, 2.24) is 9.14 Å². The van der Waals surface area contributed by atoms with Crippen LogP contribution in [0.15, 0.2) is 35.6 Å². The lowest BCUT2D eigenvalue weighted by atomic mass is 10.0. The molecule has 2 aliphatic rings. The fourth-order valence-electron chi connectivity index (χ4n) is 1.47. The number of fused-ring (bicyclic) bond motifs is 3. The highest BCUT2D eigenvalue weighted by Gasteiger charge is 2.22. The van der Waals surface area contributed by atoms with Crippen molar-refractivity contribution in [1.29, 1.82) is 0 Å². The van der Waals surface area contributed by atoms with Gasteiger partial charge < -0.3 is 0 Å². The van der Waals surface area contributed by atoms with Crippen molar-refractivity contribution in [3.63, 3.8) is 0 Å². The van der Waals surface area contributed by atoms with Crippen LogP contribution in [-0.4, -0.2) is 10.1 Å². The van der Waals surface area contributed by atoms with Gasteiger partial charge in [0.1, 0.15) is 0 Å². The number of amidine groups is 1. The Morgan fingerprint density at radius 3 is 3.23 bits per heavy atom. The molecular weight excluding hydrogens is 182 g/mol. The van der Waals surface area contributed by atoms with Gasteiger partial charge in [-0.05, 0) is 11.6 Å². The lowest BCUT2D eigenvalue weighted by Gasteiger charge is -2.17. The second-order valence-corrected chi connectivity index (χ2v) is 3.61. The van der Waals surface area contributed by atoms with Crippen molar-refractivity contribution in [2.24, 2.45) is 5.10 Å². The van der Waals surface area contributed by atoms with E-state index in [1.54, 1.807) is 0 Å². The summed E-state index contributed by atoms with van der Waals surface area (Å²) >= 11 is 1.48. The number of hydrogen-bond donors (Lipinski definition) is 1. The van der Waals surface area contributed by atoms with Crippen molar-refractivity contribution >= 4 is 24.0 Å². The molecule has 0 radical (unpaired) electrons. The molecule has 0 aliphatic carbocycles. The van der Waals surface area contributed by atoms with Crippen LogP contribution in [0.3, 0.4) is 0 Å². The summed E-state index contributed by atoms with van der Waals surface area (Å²) in [5, 5.41) is 4.20. The minimum Gasteiger partial charge on any atom is -0.254 e. The number of benzene rings is 1. The smallest absolute Gasteiger partial charge is 0.172 e. The first-order valence-corrected chi connectivity index (χ1v) is 4.79. The molecule has 0 atom stereocenters. The number of nitrogens with zero attached hydrogens (tertiary/aromatic N) is 2. The van der Waals surface area contributed by atoms with E-state index in [1.807, 2.05) is 22.6 Å². The van der Waals surface area contributed by atoms with E-state index < -0.39 is 0 Å². The third kappa shape index (κ3) is 0.954. The summed E-state index contributed by atoms with van der Waals surface area (Å²) in [6.07, 6.45) is 4.11. The minimum atomic E-state index is 0.989. The topological polar surface area (TPSA) is 27.6 Å². The fraction of sp³-hybridized carbons (Fsp3) is 0. The molecule has 0 saturated heterocycles. The predicted molar refractivity (Wildman–Crippen MR) is 54.6 cm³/mol. The molecule has 13 heavy (non-hydrogen) atoms. The van der Waals surface area contributed by atoms with Crippen molar-refractivity contribution in [3.8, 4) is 0 Å². The predicted octanol–water partition coefficient (Wildman–Crippen LogP) is 1.80. The molecule has 0 spiro atoms. The highest BCUT2D eigenvalue weighted by Crippen LogP contribution is 2.26. The van der Waals surface area contributed by atoms with Gasteiger partial charge in [-0.3, -0.25) is 4.31 Å². The van der Waals surface area contributed by atoms with Gasteiger partial charge in [0, 0.05) is 11.8 Å². The number of hydrazone groups is 1. The van der Waals surface area contributed by atoms with Crippen molar-refractivity contribution in [2.45, 2.75) is 0 Å². The largest absolute Gasteiger partial charge is 0.254 e. The van der Waals surface area contributed by atoms with Crippen LogP contribution in [0.4, 0.5) is 0 Å². The van der Waals surface area contributed by atoms with Crippen LogP contribution < -0.4 is 4.83 Å². The molecular formula is C9H7N3S. The fourth-order valence-corrected chi connectivity index (χ4v) is 2.04. The van der Waals surface area contributed by atoms with Gasteiger partial charge in [-0.1, -0.05) is 24.3 Å². The van der Waals surface area contributed by atoms with E-state index in [9.17, 15) is 0 Å². The van der Waals surface area contributed by atoms with E-state index in [1.165, 1.54) is 23.3 Å². The summed E-state index contributed by atoms with van der Waals surface area (Å²) in [7, 11) is 0. The van der Waals surface area contributed by atoms with Gasteiger partial charge in [-0.2, -0.15) is 0 Å². The molecule has 1 N–H and O–H groups in total. The molecule has 1 aromatic rings. The van der Waals surface area contributed by atoms with Crippen molar-refractivity contribution < 1.29 is 0 Å². The molecule has 2 aliphatic heterocycles. The van der Waals surface area contributed by atoms with Crippen molar-refractivity contribution in [3.05, 3.63) is 41.6 Å². The molecule has 4 heteroatoms. The van der Waals surface area contributed by atoms with E-state index in [0.29, 0.717) is 0 Å². The Balaban J connectivity index is 2.23. The molecule has 0 fully saturated rings. The SMILES string of the molecule is C1=CN2SNN=C2c2ccccc21. The lowest BCUT2D eigenvalue weighted by molar-refractivity contribution is 0.946. The van der Waals surface area contributed by atoms with E-state index >= 15 is 0 Å². The van der Waals surface area contributed by atoms with Crippen LogP contribution in [0, 0.1) is 0 Å². The van der Waals surface area contributed by atoms with E-state index in [2.05, 4.69) is 28.1 Å². The monoisotopic (exact) mass is 189 g/mol. The first-order valence-electron chi connectivity index (χ1n) is 4.02. The summed E-state index contributed by atoms with van der Waals surface area (Å²) in [5.41, 5.74) is 2.41. The number of hydrogen-bond acceptors (Lipinski definition) is 4. The summed E-state index contributed by atoms with van der Waals surface area (Å²) in [6, 6.07) is 8.24. The van der Waals surface area contributed by atoms with Gasteiger partial charge in [-0.25, -0.2) is 4.83 Å². The lowest BCUT2D eigenvalue weighted by Crippen LogP contribution is -2.19.